The van der Waals surface area contributed by atoms with Crippen LogP contribution in [0.25, 0.3) is 0 Å². The highest BCUT2D eigenvalue weighted by atomic mass is 19.4. The van der Waals surface area contributed by atoms with Gasteiger partial charge >= 0.3 is 6.18 Å². The summed E-state index contributed by atoms with van der Waals surface area (Å²) in [5, 5.41) is 9.61. The van der Waals surface area contributed by atoms with Gasteiger partial charge in [0.25, 0.3) is 0 Å². The van der Waals surface area contributed by atoms with E-state index in [1.807, 2.05) is 0 Å². The van der Waals surface area contributed by atoms with Crippen LogP contribution in [0.1, 0.15) is 30.1 Å². The fourth-order valence-electron chi connectivity index (χ4n) is 1.50. The van der Waals surface area contributed by atoms with Crippen LogP contribution in [-0.2, 0) is 6.18 Å². The Balaban J connectivity index is 3.11. The number of hydrogen-bond donors (Lipinski definition) is 1. The van der Waals surface area contributed by atoms with Crippen LogP contribution in [0.3, 0.4) is 0 Å². The third-order valence-electron chi connectivity index (χ3n) is 2.32. The van der Waals surface area contributed by atoms with E-state index in [4.69, 9.17) is 0 Å². The smallest absolute Gasteiger partial charge is 0.388 e. The fourth-order valence-corrected chi connectivity index (χ4v) is 1.50. The largest absolute Gasteiger partial charge is 0.416 e. The van der Waals surface area contributed by atoms with Crippen molar-refractivity contribution in [2.45, 2.75) is 25.1 Å². The Morgan fingerprint density at radius 2 is 2.00 bits per heavy atom. The number of aliphatic hydroxyl groups excluding tert-OH is 1. The molecule has 5 heteroatoms. The quantitative estimate of drug-likeness (QED) is 0.634. The van der Waals surface area contributed by atoms with E-state index in [-0.39, 0.29) is 6.42 Å². The molecule has 0 aromatic heterocycles. The highest BCUT2D eigenvalue weighted by Crippen LogP contribution is 2.36. The SMILES string of the molecule is C=CCCC(O)c1cc(F)ccc1C(F)(F)F. The summed E-state index contributed by atoms with van der Waals surface area (Å²) in [5.74, 6) is -0.800. The van der Waals surface area contributed by atoms with Crippen LogP contribution in [0.2, 0.25) is 0 Å². The van der Waals surface area contributed by atoms with E-state index < -0.39 is 29.2 Å². The second-order valence-electron chi connectivity index (χ2n) is 3.61. The zero-order valence-corrected chi connectivity index (χ0v) is 8.97. The summed E-state index contributed by atoms with van der Waals surface area (Å²) in [7, 11) is 0. The summed E-state index contributed by atoms with van der Waals surface area (Å²) in [6.07, 6.45) is -4.03. The Morgan fingerprint density at radius 3 is 2.53 bits per heavy atom. The van der Waals surface area contributed by atoms with Crippen LogP contribution in [0.4, 0.5) is 17.6 Å². The molecule has 0 saturated carbocycles. The van der Waals surface area contributed by atoms with Crippen LogP contribution in [0, 0.1) is 5.82 Å². The zero-order valence-electron chi connectivity index (χ0n) is 8.97. The van der Waals surface area contributed by atoms with Crippen molar-refractivity contribution in [1.29, 1.82) is 0 Å². The van der Waals surface area contributed by atoms with E-state index in [9.17, 15) is 22.7 Å². The highest BCUT2D eigenvalue weighted by molar-refractivity contribution is 5.32. The first-order valence-corrected chi connectivity index (χ1v) is 5.02. The molecule has 0 fully saturated rings. The normalized spacial score (nSPS) is 13.5. The number of rotatable bonds is 4. The predicted molar refractivity (Wildman–Crippen MR) is 55.8 cm³/mol. The van der Waals surface area contributed by atoms with E-state index in [0.717, 1.165) is 12.1 Å². The average molecular weight is 248 g/mol. The highest BCUT2D eigenvalue weighted by Gasteiger charge is 2.34. The summed E-state index contributed by atoms with van der Waals surface area (Å²) in [6, 6.07) is 2.09. The third-order valence-corrected chi connectivity index (χ3v) is 2.32. The lowest BCUT2D eigenvalue weighted by atomic mass is 9.98. The second kappa shape index (κ2) is 5.31. The van der Waals surface area contributed by atoms with Crippen molar-refractivity contribution in [3.05, 3.63) is 47.8 Å². The maximum Gasteiger partial charge on any atom is 0.416 e. The molecular formula is C12H12F4O. The molecule has 1 atom stereocenters. The average Bonchev–Trinajstić information content (AvgIpc) is 2.24. The molecule has 0 aliphatic carbocycles. The molecule has 0 bridgehead atoms. The summed E-state index contributed by atoms with van der Waals surface area (Å²) in [5.41, 5.74) is -1.44. The van der Waals surface area contributed by atoms with Gasteiger partial charge in [0.2, 0.25) is 0 Å². The monoisotopic (exact) mass is 248 g/mol. The Kier molecular flexibility index (Phi) is 4.28. The van der Waals surface area contributed by atoms with Crippen LogP contribution in [-0.4, -0.2) is 5.11 Å². The van der Waals surface area contributed by atoms with Gasteiger partial charge in [0.1, 0.15) is 5.82 Å². The minimum atomic E-state index is -4.60. The van der Waals surface area contributed by atoms with E-state index >= 15 is 0 Å². The molecule has 1 nitrogen and oxygen atoms in total. The van der Waals surface area contributed by atoms with Gasteiger partial charge in [-0.15, -0.1) is 6.58 Å². The number of aliphatic hydroxyl groups is 1. The van der Waals surface area contributed by atoms with E-state index in [1.165, 1.54) is 6.08 Å². The molecule has 0 heterocycles. The van der Waals surface area contributed by atoms with Gasteiger partial charge in [-0.1, -0.05) is 6.08 Å². The zero-order chi connectivity index (χ0) is 13.1. The van der Waals surface area contributed by atoms with Crippen molar-refractivity contribution in [3.63, 3.8) is 0 Å². The van der Waals surface area contributed by atoms with Crippen LogP contribution in [0.5, 0.6) is 0 Å². The minimum absolute atomic E-state index is 0.0794. The van der Waals surface area contributed by atoms with Gasteiger partial charge in [0.05, 0.1) is 11.7 Å². The molecule has 0 amide bonds. The lowest BCUT2D eigenvalue weighted by Gasteiger charge is -2.17. The predicted octanol–water partition coefficient (Wildman–Crippen LogP) is 3.84. The summed E-state index contributed by atoms with van der Waals surface area (Å²) in [6.45, 7) is 3.41. The first-order chi connectivity index (χ1) is 7.86. The molecule has 0 spiro atoms. The summed E-state index contributed by atoms with van der Waals surface area (Å²) in [4.78, 5) is 0. The maximum absolute atomic E-state index is 12.9. The Labute approximate surface area is 96.4 Å². The molecule has 0 aliphatic heterocycles. The Morgan fingerprint density at radius 1 is 1.35 bits per heavy atom. The first-order valence-electron chi connectivity index (χ1n) is 5.02. The summed E-state index contributed by atoms with van der Waals surface area (Å²) < 4.78 is 50.7. The van der Waals surface area contributed by atoms with Crippen molar-refractivity contribution < 1.29 is 22.7 Å². The number of hydrogen-bond acceptors (Lipinski definition) is 1. The van der Waals surface area contributed by atoms with Gasteiger partial charge in [0, 0.05) is 0 Å². The van der Waals surface area contributed by atoms with E-state index in [0.29, 0.717) is 12.5 Å². The molecule has 1 N–H and O–H groups in total. The summed E-state index contributed by atoms with van der Waals surface area (Å²) >= 11 is 0. The third kappa shape index (κ3) is 3.56. The topological polar surface area (TPSA) is 20.2 Å². The van der Waals surface area contributed by atoms with Crippen molar-refractivity contribution in [2.24, 2.45) is 0 Å². The number of allylic oxidation sites excluding steroid dienone is 1. The van der Waals surface area contributed by atoms with E-state index in [2.05, 4.69) is 6.58 Å². The van der Waals surface area contributed by atoms with Gasteiger partial charge in [-0.05, 0) is 36.6 Å². The van der Waals surface area contributed by atoms with Crippen molar-refractivity contribution in [3.8, 4) is 0 Å². The lowest BCUT2D eigenvalue weighted by molar-refractivity contribution is -0.139. The molecule has 1 aromatic carbocycles. The molecule has 1 rings (SSSR count). The standard InChI is InChI=1S/C12H12F4O/c1-2-3-4-11(17)9-7-8(13)5-6-10(9)12(14,15)16/h2,5-7,11,17H,1,3-4H2. The van der Waals surface area contributed by atoms with Crippen molar-refractivity contribution in [2.75, 3.05) is 0 Å². The number of halogens is 4. The Hall–Kier alpha value is -1.36. The van der Waals surface area contributed by atoms with Gasteiger partial charge in [0.15, 0.2) is 0 Å². The molecule has 17 heavy (non-hydrogen) atoms. The number of alkyl halides is 3. The molecular weight excluding hydrogens is 236 g/mol. The Bertz CT molecular complexity index is 398. The fraction of sp³-hybridized carbons (Fsp3) is 0.333. The first kappa shape index (κ1) is 13.7. The number of benzene rings is 1. The maximum atomic E-state index is 12.9. The molecule has 0 radical (unpaired) electrons. The minimum Gasteiger partial charge on any atom is -0.388 e. The van der Waals surface area contributed by atoms with Gasteiger partial charge in [-0.2, -0.15) is 13.2 Å². The van der Waals surface area contributed by atoms with Gasteiger partial charge in [-0.3, -0.25) is 0 Å². The van der Waals surface area contributed by atoms with Crippen LogP contribution in [0.15, 0.2) is 30.9 Å². The molecule has 0 saturated heterocycles. The van der Waals surface area contributed by atoms with Crippen LogP contribution < -0.4 is 0 Å². The van der Waals surface area contributed by atoms with Crippen LogP contribution >= 0.6 is 0 Å². The van der Waals surface area contributed by atoms with Crippen molar-refractivity contribution >= 4 is 0 Å². The van der Waals surface area contributed by atoms with Gasteiger partial charge < -0.3 is 5.11 Å². The van der Waals surface area contributed by atoms with Gasteiger partial charge in [-0.25, -0.2) is 4.39 Å². The molecule has 94 valence electrons. The molecule has 1 unspecified atom stereocenters. The molecule has 1 aromatic rings. The van der Waals surface area contributed by atoms with E-state index in [1.54, 1.807) is 0 Å². The second-order valence-corrected chi connectivity index (χ2v) is 3.61. The lowest BCUT2D eigenvalue weighted by Crippen LogP contribution is -2.12. The van der Waals surface area contributed by atoms with Crippen molar-refractivity contribution in [1.82, 2.24) is 0 Å². The molecule has 0 aliphatic rings.